The molecule has 0 aliphatic carbocycles. The molecule has 0 aromatic heterocycles. The summed E-state index contributed by atoms with van der Waals surface area (Å²) in [5.74, 6) is 0.678. The zero-order valence-electron chi connectivity index (χ0n) is 16.5. The summed E-state index contributed by atoms with van der Waals surface area (Å²) in [4.78, 5) is 14.7. The van der Waals surface area contributed by atoms with Crippen molar-refractivity contribution in [1.82, 2.24) is 0 Å². The van der Waals surface area contributed by atoms with Gasteiger partial charge in [0.25, 0.3) is 5.91 Å². The van der Waals surface area contributed by atoms with E-state index < -0.39 is 0 Å². The van der Waals surface area contributed by atoms with Crippen LogP contribution in [-0.4, -0.2) is 12.5 Å². The van der Waals surface area contributed by atoms with Crippen molar-refractivity contribution in [2.75, 3.05) is 11.4 Å². The molecule has 1 amide bonds. The van der Waals surface area contributed by atoms with Crippen LogP contribution in [0.25, 0.3) is 11.6 Å². The predicted molar refractivity (Wildman–Crippen MR) is 135 cm³/mol. The van der Waals surface area contributed by atoms with Crippen LogP contribution in [0.1, 0.15) is 23.6 Å². The number of ether oxygens (including phenoxy) is 1. The maximum absolute atomic E-state index is 12.9. The van der Waals surface area contributed by atoms with Crippen LogP contribution in [0.15, 0.2) is 63.5 Å². The lowest BCUT2D eigenvalue weighted by Crippen LogP contribution is -2.25. The summed E-state index contributed by atoms with van der Waals surface area (Å²) in [6, 6.07) is 17.1. The zero-order chi connectivity index (χ0) is 22.1. The minimum atomic E-state index is 0.0101. The van der Waals surface area contributed by atoms with Gasteiger partial charge in [-0.25, -0.2) is 0 Å². The van der Waals surface area contributed by atoms with Gasteiger partial charge in [-0.2, -0.15) is 0 Å². The summed E-state index contributed by atoms with van der Waals surface area (Å²) in [5, 5.41) is 1.00. The van der Waals surface area contributed by atoms with Gasteiger partial charge >= 0.3 is 0 Å². The number of hydrogen-bond donors (Lipinski definition) is 0. The van der Waals surface area contributed by atoms with E-state index in [2.05, 4.69) is 31.9 Å². The van der Waals surface area contributed by atoms with Crippen LogP contribution in [0.2, 0.25) is 10.0 Å². The van der Waals surface area contributed by atoms with E-state index in [9.17, 15) is 4.79 Å². The van der Waals surface area contributed by atoms with Crippen molar-refractivity contribution < 1.29 is 9.53 Å². The Bertz CT molecular complexity index is 1190. The van der Waals surface area contributed by atoms with Gasteiger partial charge < -0.3 is 9.64 Å². The molecule has 4 rings (SSSR count). The average molecular weight is 582 g/mol. The second kappa shape index (κ2) is 9.37. The summed E-state index contributed by atoms with van der Waals surface area (Å²) >= 11 is 19.2. The third-order valence-corrected chi connectivity index (χ3v) is 6.89. The highest BCUT2D eigenvalue weighted by Crippen LogP contribution is 2.40. The number of halogens is 4. The second-order valence-corrected chi connectivity index (χ2v) is 9.50. The summed E-state index contributed by atoms with van der Waals surface area (Å²) in [7, 11) is 0. The molecule has 1 aliphatic rings. The first-order valence-corrected chi connectivity index (χ1v) is 11.9. The minimum absolute atomic E-state index is 0.0101. The number of carbonyl (C=O) groups is 1. The molecule has 3 nitrogen and oxygen atoms in total. The maximum Gasteiger partial charge on any atom is 0.258 e. The fourth-order valence-electron chi connectivity index (χ4n) is 3.51. The van der Waals surface area contributed by atoms with Crippen LogP contribution in [-0.2, 0) is 11.4 Å². The molecule has 31 heavy (non-hydrogen) atoms. The van der Waals surface area contributed by atoms with Crippen molar-refractivity contribution in [2.24, 2.45) is 0 Å². The monoisotopic (exact) mass is 579 g/mol. The summed E-state index contributed by atoms with van der Waals surface area (Å²) in [6.45, 7) is 2.94. The Balaban J connectivity index is 1.61. The van der Waals surface area contributed by atoms with E-state index in [1.54, 1.807) is 17.0 Å². The highest BCUT2D eigenvalue weighted by molar-refractivity contribution is 9.11. The Labute approximate surface area is 207 Å². The molecule has 0 fully saturated rings. The third-order valence-electron chi connectivity index (χ3n) is 4.98. The van der Waals surface area contributed by atoms with Gasteiger partial charge in [-0.3, -0.25) is 4.79 Å². The number of amides is 1. The third kappa shape index (κ3) is 4.56. The van der Waals surface area contributed by atoms with Crippen molar-refractivity contribution in [3.05, 3.63) is 90.3 Å². The Kier molecular flexibility index (Phi) is 6.77. The predicted octanol–water partition coefficient (Wildman–Crippen LogP) is 8.00. The smallest absolute Gasteiger partial charge is 0.258 e. The van der Waals surface area contributed by atoms with Gasteiger partial charge in [-0.05, 0) is 86.3 Å². The van der Waals surface area contributed by atoms with Crippen molar-refractivity contribution in [1.29, 1.82) is 0 Å². The number of carbonyl (C=O) groups excluding carboxylic acids is 1. The Morgan fingerprint density at radius 3 is 2.39 bits per heavy atom. The highest BCUT2D eigenvalue weighted by Gasteiger charge is 2.30. The lowest BCUT2D eigenvalue weighted by molar-refractivity contribution is -0.112. The molecular formula is C24H17Br2Cl2NO2. The van der Waals surface area contributed by atoms with Gasteiger partial charge in [0.1, 0.15) is 12.4 Å². The van der Waals surface area contributed by atoms with Crippen LogP contribution in [0, 0.1) is 0 Å². The fourth-order valence-corrected chi connectivity index (χ4v) is 5.28. The van der Waals surface area contributed by atoms with E-state index in [0.29, 0.717) is 34.5 Å². The van der Waals surface area contributed by atoms with E-state index in [-0.39, 0.29) is 5.91 Å². The van der Waals surface area contributed by atoms with Gasteiger partial charge in [-0.15, -0.1) is 0 Å². The molecule has 1 aliphatic heterocycles. The standard InChI is InChI=1S/C24H17Br2Cl2NO2/c1-2-29-22-6-4-3-5-16(22)17(24(29)30)9-15-10-18(25)23(19(26)11-15)31-13-14-7-8-20(27)21(28)12-14/h3-12H,2,13H2,1H3/b17-9-. The van der Waals surface area contributed by atoms with Gasteiger partial charge in [0.2, 0.25) is 0 Å². The van der Waals surface area contributed by atoms with Gasteiger partial charge in [0.15, 0.2) is 0 Å². The van der Waals surface area contributed by atoms with E-state index in [0.717, 1.165) is 31.3 Å². The molecule has 0 bridgehead atoms. The first-order valence-electron chi connectivity index (χ1n) is 9.57. The number of fused-ring (bicyclic) bond motifs is 1. The molecule has 3 aromatic carbocycles. The first kappa shape index (κ1) is 22.4. The molecule has 7 heteroatoms. The number of rotatable bonds is 5. The number of benzene rings is 3. The van der Waals surface area contributed by atoms with Gasteiger partial charge in [0, 0.05) is 17.7 Å². The molecule has 0 unspecified atom stereocenters. The van der Waals surface area contributed by atoms with Crippen molar-refractivity contribution in [2.45, 2.75) is 13.5 Å². The molecule has 0 N–H and O–H groups in total. The fraction of sp³-hybridized carbons (Fsp3) is 0.125. The van der Waals surface area contributed by atoms with Crippen LogP contribution >= 0.6 is 55.1 Å². The first-order chi connectivity index (χ1) is 14.9. The van der Waals surface area contributed by atoms with E-state index >= 15 is 0 Å². The van der Waals surface area contributed by atoms with E-state index in [1.807, 2.05) is 55.5 Å². The van der Waals surface area contributed by atoms with Gasteiger partial charge in [-0.1, -0.05) is 47.5 Å². The molecule has 158 valence electrons. The average Bonchev–Trinajstić information content (AvgIpc) is 3.01. The lowest BCUT2D eigenvalue weighted by Gasteiger charge is -2.13. The SMILES string of the molecule is CCN1C(=O)/C(=C\c2cc(Br)c(OCc3ccc(Cl)c(Cl)c3)c(Br)c2)c2ccccc21. The second-order valence-electron chi connectivity index (χ2n) is 6.98. The number of likely N-dealkylation sites (N-methyl/N-ethyl adjacent to an activating group) is 1. The summed E-state index contributed by atoms with van der Waals surface area (Å²) in [5.41, 5.74) is 4.37. The van der Waals surface area contributed by atoms with Crippen molar-refractivity contribution >= 4 is 78.3 Å². The van der Waals surface area contributed by atoms with Crippen LogP contribution < -0.4 is 9.64 Å². The lowest BCUT2D eigenvalue weighted by atomic mass is 10.0. The molecule has 0 radical (unpaired) electrons. The van der Waals surface area contributed by atoms with E-state index in [4.69, 9.17) is 27.9 Å². The molecule has 3 aromatic rings. The largest absolute Gasteiger partial charge is 0.487 e. The zero-order valence-corrected chi connectivity index (χ0v) is 21.1. The number of hydrogen-bond acceptors (Lipinski definition) is 2. The molecule has 0 saturated heterocycles. The van der Waals surface area contributed by atoms with Gasteiger partial charge in [0.05, 0.1) is 24.7 Å². The summed E-state index contributed by atoms with van der Waals surface area (Å²) < 4.78 is 7.55. The minimum Gasteiger partial charge on any atom is -0.487 e. The number of nitrogens with zero attached hydrogens (tertiary/aromatic N) is 1. The van der Waals surface area contributed by atoms with E-state index in [1.165, 1.54) is 0 Å². The molecular weight excluding hydrogens is 565 g/mol. The summed E-state index contributed by atoms with van der Waals surface area (Å²) in [6.07, 6.45) is 1.91. The normalized spacial score (nSPS) is 14.3. The van der Waals surface area contributed by atoms with Crippen LogP contribution in [0.3, 0.4) is 0 Å². The molecule has 0 saturated carbocycles. The number of anilines is 1. The van der Waals surface area contributed by atoms with Crippen LogP contribution in [0.5, 0.6) is 5.75 Å². The molecule has 0 spiro atoms. The topological polar surface area (TPSA) is 29.5 Å². The van der Waals surface area contributed by atoms with Crippen LogP contribution in [0.4, 0.5) is 5.69 Å². The molecule has 0 atom stereocenters. The van der Waals surface area contributed by atoms with Crippen molar-refractivity contribution in [3.8, 4) is 5.75 Å². The Morgan fingerprint density at radius 2 is 1.71 bits per heavy atom. The maximum atomic E-state index is 12.9. The highest BCUT2D eigenvalue weighted by atomic mass is 79.9. The quantitative estimate of drug-likeness (QED) is 0.286. The molecule has 1 heterocycles. The Hall–Kier alpha value is -1.79. The number of para-hydroxylation sites is 1. The van der Waals surface area contributed by atoms with Crippen molar-refractivity contribution in [3.63, 3.8) is 0 Å². The Morgan fingerprint density at radius 1 is 1.00 bits per heavy atom.